The van der Waals surface area contributed by atoms with Crippen molar-refractivity contribution in [2.75, 3.05) is 18.1 Å². The monoisotopic (exact) mass is 262 g/mol. The number of benzene rings is 1. The number of hydrogen-bond donors (Lipinski definition) is 1. The Morgan fingerprint density at radius 1 is 1.39 bits per heavy atom. The number of nitrogen functional groups attached to an aromatic ring is 1. The van der Waals surface area contributed by atoms with E-state index in [1.165, 1.54) is 11.8 Å². The summed E-state index contributed by atoms with van der Waals surface area (Å²) in [6.07, 6.45) is 0. The number of carbonyl (C=O) groups excluding carboxylic acids is 1. The van der Waals surface area contributed by atoms with Crippen molar-refractivity contribution in [1.82, 2.24) is 4.98 Å². The second-order valence-electron chi connectivity index (χ2n) is 3.70. The zero-order valence-electron chi connectivity index (χ0n) is 10.1. The molecule has 18 heavy (non-hydrogen) atoms. The zero-order chi connectivity index (χ0) is 13.0. The van der Waals surface area contributed by atoms with Gasteiger partial charge in [0.25, 0.3) is 0 Å². The highest BCUT2D eigenvalue weighted by molar-refractivity contribution is 7.99. The SMILES string of the molecule is CCOC(=O)CSc1ccc2cc(N)ccc2n1. The molecule has 0 fully saturated rings. The van der Waals surface area contributed by atoms with Gasteiger partial charge in [0.15, 0.2) is 0 Å². The van der Waals surface area contributed by atoms with Crippen molar-refractivity contribution < 1.29 is 9.53 Å². The Morgan fingerprint density at radius 3 is 3.00 bits per heavy atom. The molecule has 5 heteroatoms. The van der Waals surface area contributed by atoms with E-state index < -0.39 is 0 Å². The topological polar surface area (TPSA) is 65.2 Å². The molecule has 1 aromatic heterocycles. The largest absolute Gasteiger partial charge is 0.465 e. The number of nitrogens with zero attached hydrogens (tertiary/aromatic N) is 1. The van der Waals surface area contributed by atoms with E-state index in [2.05, 4.69) is 4.98 Å². The lowest BCUT2D eigenvalue weighted by molar-refractivity contribution is -0.139. The Kier molecular flexibility index (Phi) is 4.04. The number of anilines is 1. The molecule has 4 nitrogen and oxygen atoms in total. The van der Waals surface area contributed by atoms with Crippen molar-refractivity contribution in [2.45, 2.75) is 11.9 Å². The van der Waals surface area contributed by atoms with E-state index in [1.54, 1.807) is 6.92 Å². The zero-order valence-corrected chi connectivity index (χ0v) is 10.9. The van der Waals surface area contributed by atoms with Gasteiger partial charge in [-0.25, -0.2) is 4.98 Å². The molecule has 1 aromatic carbocycles. The van der Waals surface area contributed by atoms with Gasteiger partial charge in [0, 0.05) is 11.1 Å². The molecule has 0 aliphatic heterocycles. The highest BCUT2D eigenvalue weighted by Gasteiger charge is 2.05. The number of aromatic nitrogens is 1. The van der Waals surface area contributed by atoms with Gasteiger partial charge >= 0.3 is 5.97 Å². The van der Waals surface area contributed by atoms with Gasteiger partial charge in [0.1, 0.15) is 0 Å². The van der Waals surface area contributed by atoms with Crippen LogP contribution >= 0.6 is 11.8 Å². The fourth-order valence-electron chi connectivity index (χ4n) is 1.54. The third kappa shape index (κ3) is 3.13. The van der Waals surface area contributed by atoms with Gasteiger partial charge in [-0.2, -0.15) is 0 Å². The average Bonchev–Trinajstić information content (AvgIpc) is 2.36. The first-order chi connectivity index (χ1) is 8.69. The highest BCUT2D eigenvalue weighted by Crippen LogP contribution is 2.21. The van der Waals surface area contributed by atoms with Crippen molar-refractivity contribution in [1.29, 1.82) is 0 Å². The van der Waals surface area contributed by atoms with Crippen LogP contribution in [0.4, 0.5) is 5.69 Å². The predicted molar refractivity (Wildman–Crippen MR) is 73.5 cm³/mol. The minimum absolute atomic E-state index is 0.221. The Labute approximate surface area is 110 Å². The molecular formula is C13H14N2O2S. The summed E-state index contributed by atoms with van der Waals surface area (Å²) >= 11 is 1.37. The number of fused-ring (bicyclic) bond motifs is 1. The minimum Gasteiger partial charge on any atom is -0.465 e. The highest BCUT2D eigenvalue weighted by atomic mass is 32.2. The Hall–Kier alpha value is -1.75. The molecule has 0 spiro atoms. The van der Waals surface area contributed by atoms with E-state index in [0.29, 0.717) is 6.61 Å². The fourth-order valence-corrected chi connectivity index (χ4v) is 2.22. The molecule has 0 saturated carbocycles. The Morgan fingerprint density at radius 2 is 2.22 bits per heavy atom. The lowest BCUT2D eigenvalue weighted by Crippen LogP contribution is -2.06. The third-order valence-corrected chi connectivity index (χ3v) is 3.23. The lowest BCUT2D eigenvalue weighted by atomic mass is 10.2. The number of nitrogens with two attached hydrogens (primary N) is 1. The van der Waals surface area contributed by atoms with Gasteiger partial charge in [-0.05, 0) is 31.2 Å². The summed E-state index contributed by atoms with van der Waals surface area (Å²) in [5, 5.41) is 1.80. The molecule has 0 aliphatic rings. The summed E-state index contributed by atoms with van der Waals surface area (Å²) < 4.78 is 4.86. The molecule has 0 amide bonds. The second-order valence-corrected chi connectivity index (χ2v) is 4.69. The summed E-state index contributed by atoms with van der Waals surface area (Å²) in [6, 6.07) is 9.40. The third-order valence-electron chi connectivity index (χ3n) is 2.33. The van der Waals surface area contributed by atoms with Gasteiger partial charge in [0.05, 0.1) is 22.9 Å². The van der Waals surface area contributed by atoms with E-state index in [9.17, 15) is 4.79 Å². The normalized spacial score (nSPS) is 10.5. The molecule has 0 saturated heterocycles. The summed E-state index contributed by atoms with van der Waals surface area (Å²) in [4.78, 5) is 15.7. The van der Waals surface area contributed by atoms with Gasteiger partial charge < -0.3 is 10.5 Å². The second kappa shape index (κ2) is 5.73. The van der Waals surface area contributed by atoms with Gasteiger partial charge in [-0.1, -0.05) is 17.8 Å². The summed E-state index contributed by atoms with van der Waals surface area (Å²) in [6.45, 7) is 2.20. The average molecular weight is 262 g/mol. The number of hydrogen-bond acceptors (Lipinski definition) is 5. The van der Waals surface area contributed by atoms with Crippen LogP contribution in [0, 0.1) is 0 Å². The maximum Gasteiger partial charge on any atom is 0.316 e. The van der Waals surface area contributed by atoms with Crippen LogP contribution in [0.15, 0.2) is 35.4 Å². The van der Waals surface area contributed by atoms with Crippen LogP contribution < -0.4 is 5.73 Å². The molecule has 0 radical (unpaired) electrons. The molecule has 0 aliphatic carbocycles. The first kappa shape index (κ1) is 12.7. The first-order valence-electron chi connectivity index (χ1n) is 5.63. The van der Waals surface area contributed by atoms with Gasteiger partial charge in [0.2, 0.25) is 0 Å². The lowest BCUT2D eigenvalue weighted by Gasteiger charge is -2.03. The van der Waals surface area contributed by atoms with E-state index in [4.69, 9.17) is 10.5 Å². The van der Waals surface area contributed by atoms with Crippen LogP contribution in [-0.2, 0) is 9.53 Å². The van der Waals surface area contributed by atoms with E-state index >= 15 is 0 Å². The van der Waals surface area contributed by atoms with Gasteiger partial charge in [-0.3, -0.25) is 4.79 Å². The molecule has 0 unspecified atom stereocenters. The Balaban J connectivity index is 2.10. The molecule has 2 aromatic rings. The first-order valence-corrected chi connectivity index (χ1v) is 6.62. The Bertz CT molecular complexity index is 572. The van der Waals surface area contributed by atoms with E-state index in [0.717, 1.165) is 21.6 Å². The quantitative estimate of drug-likeness (QED) is 0.521. The van der Waals surface area contributed by atoms with Crippen LogP contribution in [0.5, 0.6) is 0 Å². The van der Waals surface area contributed by atoms with Crippen molar-refractivity contribution in [3.63, 3.8) is 0 Å². The van der Waals surface area contributed by atoms with Crippen molar-refractivity contribution in [2.24, 2.45) is 0 Å². The van der Waals surface area contributed by atoms with Crippen LogP contribution in [-0.4, -0.2) is 23.3 Å². The standard InChI is InChI=1S/C13H14N2O2S/c1-2-17-13(16)8-18-12-6-3-9-7-10(14)4-5-11(9)15-12/h3-7H,2,8,14H2,1H3. The molecule has 2 N–H and O–H groups in total. The van der Waals surface area contributed by atoms with E-state index in [-0.39, 0.29) is 11.7 Å². The van der Waals surface area contributed by atoms with Gasteiger partial charge in [-0.15, -0.1) is 0 Å². The van der Waals surface area contributed by atoms with Crippen LogP contribution in [0.25, 0.3) is 10.9 Å². The van der Waals surface area contributed by atoms with E-state index in [1.807, 2.05) is 30.3 Å². The minimum atomic E-state index is -0.221. The molecule has 0 atom stereocenters. The molecule has 0 bridgehead atoms. The van der Waals surface area contributed by atoms with Crippen molar-refractivity contribution >= 4 is 34.3 Å². The number of pyridine rings is 1. The summed E-state index contributed by atoms with van der Waals surface area (Å²) in [7, 11) is 0. The predicted octanol–water partition coefficient (Wildman–Crippen LogP) is 2.47. The van der Waals surface area contributed by atoms with Crippen molar-refractivity contribution in [3.8, 4) is 0 Å². The van der Waals surface area contributed by atoms with Crippen LogP contribution in [0.1, 0.15) is 6.92 Å². The number of rotatable bonds is 4. The van der Waals surface area contributed by atoms with Crippen LogP contribution in [0.2, 0.25) is 0 Å². The maximum absolute atomic E-state index is 11.2. The summed E-state index contributed by atoms with van der Waals surface area (Å²) in [5.74, 6) is 0.0584. The molecule has 94 valence electrons. The number of ether oxygens (including phenoxy) is 1. The maximum atomic E-state index is 11.2. The number of thioether (sulfide) groups is 1. The number of esters is 1. The molecular weight excluding hydrogens is 248 g/mol. The fraction of sp³-hybridized carbons (Fsp3) is 0.231. The number of carbonyl (C=O) groups is 1. The van der Waals surface area contributed by atoms with Crippen molar-refractivity contribution in [3.05, 3.63) is 30.3 Å². The molecule has 1 heterocycles. The smallest absolute Gasteiger partial charge is 0.316 e. The summed E-state index contributed by atoms with van der Waals surface area (Å²) in [5.41, 5.74) is 7.29. The molecule has 2 rings (SSSR count). The van der Waals surface area contributed by atoms with Crippen LogP contribution in [0.3, 0.4) is 0 Å².